The van der Waals surface area contributed by atoms with Gasteiger partial charge in [-0.05, 0) is 45.1 Å². The summed E-state index contributed by atoms with van der Waals surface area (Å²) in [4.78, 5) is 21.3. The Morgan fingerprint density at radius 2 is 2.00 bits per heavy atom. The minimum Gasteiger partial charge on any atom is -0.337 e. The predicted molar refractivity (Wildman–Crippen MR) is 84.5 cm³/mol. The first-order valence-electron chi connectivity index (χ1n) is 7.59. The van der Waals surface area contributed by atoms with Gasteiger partial charge in [0.25, 0.3) is 5.91 Å². The maximum Gasteiger partial charge on any atom is 0.255 e. The van der Waals surface area contributed by atoms with Crippen LogP contribution in [-0.4, -0.2) is 53.9 Å². The van der Waals surface area contributed by atoms with Gasteiger partial charge in [-0.3, -0.25) is 9.78 Å². The number of fused-ring (bicyclic) bond motifs is 1. The number of halogens is 1. The second-order valence-corrected chi connectivity index (χ2v) is 5.91. The van der Waals surface area contributed by atoms with Crippen LogP contribution in [0.1, 0.15) is 22.5 Å². The molecule has 1 aromatic heterocycles. The van der Waals surface area contributed by atoms with Crippen molar-refractivity contribution in [1.82, 2.24) is 14.8 Å². The number of hydrogen-bond acceptors (Lipinski definition) is 3. The molecule has 1 aliphatic rings. The second-order valence-electron chi connectivity index (χ2n) is 5.91. The number of rotatable bonds is 1. The molecule has 0 saturated carbocycles. The average Bonchev–Trinajstić information content (AvgIpc) is 2.70. The van der Waals surface area contributed by atoms with Gasteiger partial charge < -0.3 is 9.80 Å². The van der Waals surface area contributed by atoms with Crippen LogP contribution < -0.4 is 0 Å². The van der Waals surface area contributed by atoms with Gasteiger partial charge in [0.15, 0.2) is 0 Å². The molecule has 0 atom stereocenters. The molecule has 0 bridgehead atoms. The van der Waals surface area contributed by atoms with Crippen LogP contribution in [-0.2, 0) is 0 Å². The van der Waals surface area contributed by atoms with Crippen LogP contribution in [0.4, 0.5) is 4.39 Å². The van der Waals surface area contributed by atoms with Crippen LogP contribution in [0.2, 0.25) is 0 Å². The van der Waals surface area contributed by atoms with Crippen molar-refractivity contribution in [3.63, 3.8) is 0 Å². The largest absolute Gasteiger partial charge is 0.337 e. The van der Waals surface area contributed by atoms with Gasteiger partial charge in [0.05, 0.1) is 16.8 Å². The van der Waals surface area contributed by atoms with Crippen LogP contribution in [0.5, 0.6) is 0 Å². The van der Waals surface area contributed by atoms with Crippen LogP contribution in [0, 0.1) is 12.7 Å². The molecule has 1 saturated heterocycles. The van der Waals surface area contributed by atoms with Crippen molar-refractivity contribution in [2.75, 3.05) is 33.2 Å². The predicted octanol–water partition coefficient (Wildman–Crippen LogP) is 2.46. The van der Waals surface area contributed by atoms with Gasteiger partial charge in [-0.2, -0.15) is 0 Å². The maximum absolute atomic E-state index is 13.3. The van der Waals surface area contributed by atoms with Gasteiger partial charge in [-0.1, -0.05) is 0 Å². The first-order valence-corrected chi connectivity index (χ1v) is 7.59. The monoisotopic (exact) mass is 301 g/mol. The zero-order valence-corrected chi connectivity index (χ0v) is 13.0. The Hall–Kier alpha value is -2.01. The molecule has 3 rings (SSSR count). The highest BCUT2D eigenvalue weighted by Gasteiger charge is 2.21. The first kappa shape index (κ1) is 14.9. The number of carbonyl (C=O) groups excluding carboxylic acids is 1. The van der Waals surface area contributed by atoms with E-state index in [1.54, 1.807) is 6.07 Å². The highest BCUT2D eigenvalue weighted by atomic mass is 19.1. The Morgan fingerprint density at radius 3 is 2.82 bits per heavy atom. The van der Waals surface area contributed by atoms with Crippen LogP contribution in [0.3, 0.4) is 0 Å². The molecule has 4 nitrogen and oxygen atoms in total. The van der Waals surface area contributed by atoms with Gasteiger partial charge in [0.1, 0.15) is 5.82 Å². The first-order chi connectivity index (χ1) is 10.5. The molecule has 0 spiro atoms. The third-order valence-corrected chi connectivity index (χ3v) is 4.21. The lowest BCUT2D eigenvalue weighted by Gasteiger charge is -2.21. The molecule has 1 aromatic carbocycles. The number of aromatic nitrogens is 1. The SMILES string of the molecule is Cc1nc2cc(F)ccc2cc1C(=O)N1CCCN(C)CC1. The van der Waals surface area contributed by atoms with Gasteiger partial charge in [0.2, 0.25) is 0 Å². The van der Waals surface area contributed by atoms with E-state index < -0.39 is 0 Å². The van der Waals surface area contributed by atoms with Gasteiger partial charge in [0, 0.05) is 31.1 Å². The van der Waals surface area contributed by atoms with Crippen LogP contribution in [0.25, 0.3) is 10.9 Å². The summed E-state index contributed by atoms with van der Waals surface area (Å²) >= 11 is 0. The summed E-state index contributed by atoms with van der Waals surface area (Å²) in [5, 5.41) is 0.794. The Balaban J connectivity index is 1.93. The number of amides is 1. The smallest absolute Gasteiger partial charge is 0.255 e. The zero-order valence-electron chi connectivity index (χ0n) is 13.0. The van der Waals surface area contributed by atoms with Crippen molar-refractivity contribution in [1.29, 1.82) is 0 Å². The van der Waals surface area contributed by atoms with Crippen molar-refractivity contribution in [2.45, 2.75) is 13.3 Å². The number of pyridine rings is 1. The van der Waals surface area contributed by atoms with E-state index in [-0.39, 0.29) is 11.7 Å². The summed E-state index contributed by atoms with van der Waals surface area (Å²) in [6.45, 7) is 5.21. The fraction of sp³-hybridized carbons (Fsp3) is 0.412. The number of nitrogens with zero attached hydrogens (tertiary/aromatic N) is 3. The van der Waals surface area contributed by atoms with Crippen LogP contribution >= 0.6 is 0 Å². The van der Waals surface area contributed by atoms with E-state index in [1.807, 2.05) is 17.9 Å². The summed E-state index contributed by atoms with van der Waals surface area (Å²) in [7, 11) is 2.07. The van der Waals surface area contributed by atoms with Crippen molar-refractivity contribution < 1.29 is 9.18 Å². The third kappa shape index (κ3) is 2.95. The number of likely N-dealkylation sites (N-methyl/N-ethyl adjacent to an activating group) is 1. The molecule has 2 heterocycles. The molecule has 22 heavy (non-hydrogen) atoms. The number of hydrogen-bond donors (Lipinski definition) is 0. The number of aryl methyl sites for hydroxylation is 1. The van der Waals surface area contributed by atoms with Crippen molar-refractivity contribution in [2.24, 2.45) is 0 Å². The van der Waals surface area contributed by atoms with E-state index in [1.165, 1.54) is 12.1 Å². The van der Waals surface area contributed by atoms with Gasteiger partial charge in [-0.25, -0.2) is 4.39 Å². The standard InChI is InChI=1S/C17H20FN3O/c1-12-15(10-13-4-5-14(18)11-16(13)19-12)17(22)21-7-3-6-20(2)8-9-21/h4-5,10-11H,3,6-9H2,1-2H3. The van der Waals surface area contributed by atoms with E-state index >= 15 is 0 Å². The summed E-state index contributed by atoms with van der Waals surface area (Å²) in [6, 6.07) is 6.30. The molecule has 1 amide bonds. The fourth-order valence-corrected chi connectivity index (χ4v) is 2.87. The Bertz CT molecular complexity index is 716. The van der Waals surface area contributed by atoms with Crippen molar-refractivity contribution in [3.05, 3.63) is 41.3 Å². The van der Waals surface area contributed by atoms with E-state index in [2.05, 4.69) is 16.9 Å². The second kappa shape index (κ2) is 6.01. The zero-order chi connectivity index (χ0) is 15.7. The summed E-state index contributed by atoms with van der Waals surface area (Å²) in [5.74, 6) is -0.291. The molecular formula is C17H20FN3O. The maximum atomic E-state index is 13.3. The van der Waals surface area contributed by atoms with Gasteiger partial charge >= 0.3 is 0 Å². The fourth-order valence-electron chi connectivity index (χ4n) is 2.87. The van der Waals surface area contributed by atoms with Crippen molar-refractivity contribution in [3.8, 4) is 0 Å². The Kier molecular flexibility index (Phi) is 4.07. The summed E-state index contributed by atoms with van der Waals surface area (Å²) in [6.07, 6.45) is 0.980. The summed E-state index contributed by atoms with van der Waals surface area (Å²) in [5.41, 5.74) is 1.86. The quantitative estimate of drug-likeness (QED) is 0.812. The topological polar surface area (TPSA) is 36.4 Å². The molecule has 0 N–H and O–H groups in total. The van der Waals surface area contributed by atoms with E-state index in [0.717, 1.165) is 38.0 Å². The molecule has 0 aliphatic carbocycles. The molecule has 1 fully saturated rings. The normalized spacial score (nSPS) is 16.8. The molecular weight excluding hydrogens is 281 g/mol. The van der Waals surface area contributed by atoms with Gasteiger partial charge in [-0.15, -0.1) is 0 Å². The average molecular weight is 301 g/mol. The molecule has 116 valence electrons. The lowest BCUT2D eigenvalue weighted by molar-refractivity contribution is 0.0762. The molecule has 2 aromatic rings. The lowest BCUT2D eigenvalue weighted by Crippen LogP contribution is -2.35. The van der Waals surface area contributed by atoms with Crippen molar-refractivity contribution >= 4 is 16.8 Å². The highest BCUT2D eigenvalue weighted by molar-refractivity contribution is 5.98. The minimum atomic E-state index is -0.311. The van der Waals surface area contributed by atoms with Crippen LogP contribution in [0.15, 0.2) is 24.3 Å². The minimum absolute atomic E-state index is 0.0199. The lowest BCUT2D eigenvalue weighted by atomic mass is 10.1. The molecule has 1 aliphatic heterocycles. The molecule has 0 unspecified atom stereocenters. The van der Waals surface area contributed by atoms with E-state index in [0.29, 0.717) is 16.8 Å². The molecule has 0 radical (unpaired) electrons. The highest BCUT2D eigenvalue weighted by Crippen LogP contribution is 2.19. The van der Waals surface area contributed by atoms with E-state index in [4.69, 9.17) is 0 Å². The number of benzene rings is 1. The number of carbonyl (C=O) groups is 1. The Labute approximate surface area is 129 Å². The summed E-state index contributed by atoms with van der Waals surface area (Å²) < 4.78 is 13.3. The Morgan fingerprint density at radius 1 is 1.18 bits per heavy atom. The molecule has 5 heteroatoms. The third-order valence-electron chi connectivity index (χ3n) is 4.21. The van der Waals surface area contributed by atoms with E-state index in [9.17, 15) is 9.18 Å².